The number of nitrogens with zero attached hydrogens (tertiary/aromatic N) is 1. The highest BCUT2D eigenvalue weighted by molar-refractivity contribution is 5.79. The van der Waals surface area contributed by atoms with E-state index in [-0.39, 0.29) is 35.9 Å². The highest BCUT2D eigenvalue weighted by atomic mass is 19.4. The van der Waals surface area contributed by atoms with E-state index in [1.807, 2.05) is 13.8 Å². The third kappa shape index (κ3) is 4.85. The number of fused-ring (bicyclic) bond motifs is 1. The number of halogens is 3. The fourth-order valence-electron chi connectivity index (χ4n) is 4.67. The summed E-state index contributed by atoms with van der Waals surface area (Å²) < 4.78 is 38.2. The van der Waals surface area contributed by atoms with Crippen LogP contribution in [0.3, 0.4) is 0 Å². The molecule has 3 amide bonds. The Hall–Kier alpha value is -2.25. The standard InChI is InChI=1S/C21H28F3N3O2/c1-12(2)26-20(29)25-10-17-13(3)8-18-16(17)9-19(28)27(18)11-14-4-6-15(7-5-14)21(22,23)24/h4-7,12-13,16-18H,8-11H2,1-3H3,(H2,25,26,29)/t13-,16-,17+,18+/m0/s1. The number of nitrogens with one attached hydrogen (secondary N) is 2. The van der Waals surface area contributed by atoms with Crippen molar-refractivity contribution in [3.63, 3.8) is 0 Å². The van der Waals surface area contributed by atoms with Crippen LogP contribution in [0.2, 0.25) is 0 Å². The molecule has 1 heterocycles. The van der Waals surface area contributed by atoms with E-state index < -0.39 is 11.7 Å². The molecule has 0 bridgehead atoms. The highest BCUT2D eigenvalue weighted by Crippen LogP contribution is 2.46. The summed E-state index contributed by atoms with van der Waals surface area (Å²) in [5.74, 6) is 0.752. The van der Waals surface area contributed by atoms with Gasteiger partial charge in [0.15, 0.2) is 0 Å². The second kappa shape index (κ2) is 8.24. The third-order valence-corrected chi connectivity index (χ3v) is 6.07. The first-order chi connectivity index (χ1) is 13.6. The Balaban J connectivity index is 1.63. The molecule has 4 atom stereocenters. The number of carbonyl (C=O) groups excluding carboxylic acids is 2. The van der Waals surface area contributed by atoms with E-state index in [4.69, 9.17) is 0 Å². The summed E-state index contributed by atoms with van der Waals surface area (Å²) in [5.41, 5.74) is 0.00437. The summed E-state index contributed by atoms with van der Waals surface area (Å²) >= 11 is 0. The van der Waals surface area contributed by atoms with E-state index in [0.29, 0.717) is 31.0 Å². The smallest absolute Gasteiger partial charge is 0.338 e. The molecule has 1 aliphatic heterocycles. The molecule has 29 heavy (non-hydrogen) atoms. The summed E-state index contributed by atoms with van der Waals surface area (Å²) in [4.78, 5) is 26.3. The normalized spacial score (nSPS) is 26.7. The third-order valence-electron chi connectivity index (χ3n) is 6.07. The number of urea groups is 1. The van der Waals surface area contributed by atoms with Crippen molar-refractivity contribution in [2.45, 2.75) is 58.4 Å². The maximum atomic E-state index is 12.7. The van der Waals surface area contributed by atoms with E-state index in [1.54, 1.807) is 4.90 Å². The number of hydrogen-bond donors (Lipinski definition) is 2. The summed E-state index contributed by atoms with van der Waals surface area (Å²) in [6.45, 7) is 6.75. The topological polar surface area (TPSA) is 61.4 Å². The van der Waals surface area contributed by atoms with Crippen molar-refractivity contribution in [1.29, 1.82) is 0 Å². The quantitative estimate of drug-likeness (QED) is 0.775. The Bertz CT molecular complexity index is 749. The monoisotopic (exact) mass is 411 g/mol. The molecule has 2 fully saturated rings. The molecular weight excluding hydrogens is 383 g/mol. The van der Waals surface area contributed by atoms with Gasteiger partial charge in [-0.3, -0.25) is 4.79 Å². The second-order valence-electron chi connectivity index (χ2n) is 8.54. The first-order valence-corrected chi connectivity index (χ1v) is 10.1. The number of rotatable bonds is 5. The molecule has 0 unspecified atom stereocenters. The van der Waals surface area contributed by atoms with Crippen LogP contribution < -0.4 is 10.6 Å². The Labute approximate surface area is 169 Å². The summed E-state index contributed by atoms with van der Waals surface area (Å²) in [7, 11) is 0. The minimum Gasteiger partial charge on any atom is -0.338 e. The van der Waals surface area contributed by atoms with Gasteiger partial charge in [-0.1, -0.05) is 19.1 Å². The van der Waals surface area contributed by atoms with Crippen molar-refractivity contribution in [3.8, 4) is 0 Å². The number of hydrogen-bond acceptors (Lipinski definition) is 2. The fraction of sp³-hybridized carbons (Fsp3) is 0.619. The van der Waals surface area contributed by atoms with E-state index >= 15 is 0 Å². The van der Waals surface area contributed by atoms with Crippen LogP contribution in [0.1, 0.15) is 44.7 Å². The highest BCUT2D eigenvalue weighted by Gasteiger charge is 2.50. The zero-order valence-corrected chi connectivity index (χ0v) is 16.9. The molecule has 1 saturated carbocycles. The van der Waals surface area contributed by atoms with Crippen LogP contribution in [0.15, 0.2) is 24.3 Å². The van der Waals surface area contributed by atoms with Gasteiger partial charge in [0.05, 0.1) is 5.56 Å². The van der Waals surface area contributed by atoms with E-state index in [0.717, 1.165) is 18.6 Å². The predicted molar refractivity (Wildman–Crippen MR) is 103 cm³/mol. The van der Waals surface area contributed by atoms with Gasteiger partial charge >= 0.3 is 12.2 Å². The van der Waals surface area contributed by atoms with E-state index in [1.165, 1.54) is 12.1 Å². The molecule has 3 rings (SSSR count). The van der Waals surface area contributed by atoms with Crippen molar-refractivity contribution >= 4 is 11.9 Å². The number of amides is 3. The molecule has 1 aromatic rings. The Morgan fingerprint density at radius 3 is 2.48 bits per heavy atom. The van der Waals surface area contributed by atoms with Crippen LogP contribution in [0.4, 0.5) is 18.0 Å². The zero-order chi connectivity index (χ0) is 21.3. The average Bonchev–Trinajstić information content (AvgIpc) is 3.07. The molecular formula is C21H28F3N3O2. The summed E-state index contributed by atoms with van der Waals surface area (Å²) in [6.07, 6.45) is -3.10. The lowest BCUT2D eigenvalue weighted by molar-refractivity contribution is -0.137. The number of likely N-dealkylation sites (tertiary alicyclic amines) is 1. The van der Waals surface area contributed by atoms with Crippen LogP contribution in [0.25, 0.3) is 0 Å². The second-order valence-corrected chi connectivity index (χ2v) is 8.54. The van der Waals surface area contributed by atoms with Crippen molar-refractivity contribution in [1.82, 2.24) is 15.5 Å². The molecule has 1 aromatic carbocycles. The minimum atomic E-state index is -4.37. The number of alkyl halides is 3. The molecule has 1 saturated heterocycles. The lowest BCUT2D eigenvalue weighted by Gasteiger charge is -2.25. The lowest BCUT2D eigenvalue weighted by atomic mass is 9.88. The van der Waals surface area contributed by atoms with Crippen LogP contribution in [0, 0.1) is 17.8 Å². The molecule has 8 heteroatoms. The van der Waals surface area contributed by atoms with Gasteiger partial charge in [-0.15, -0.1) is 0 Å². The minimum absolute atomic E-state index is 0.0310. The van der Waals surface area contributed by atoms with Gasteiger partial charge in [0.1, 0.15) is 0 Å². The summed E-state index contributed by atoms with van der Waals surface area (Å²) in [5, 5.41) is 5.71. The molecule has 5 nitrogen and oxygen atoms in total. The number of benzene rings is 1. The van der Waals surface area contributed by atoms with Gasteiger partial charge in [0.25, 0.3) is 0 Å². The van der Waals surface area contributed by atoms with Crippen LogP contribution >= 0.6 is 0 Å². The molecule has 0 spiro atoms. The predicted octanol–water partition coefficient (Wildman–Crippen LogP) is 3.79. The Morgan fingerprint density at radius 1 is 1.24 bits per heavy atom. The molecule has 160 valence electrons. The Kier molecular flexibility index (Phi) is 6.10. The number of carbonyl (C=O) groups is 2. The maximum absolute atomic E-state index is 12.7. The molecule has 1 aliphatic carbocycles. The fourth-order valence-corrected chi connectivity index (χ4v) is 4.67. The molecule has 2 N–H and O–H groups in total. The lowest BCUT2D eigenvalue weighted by Crippen LogP contribution is -2.42. The Morgan fingerprint density at radius 2 is 1.90 bits per heavy atom. The van der Waals surface area contributed by atoms with Crippen molar-refractivity contribution in [2.24, 2.45) is 17.8 Å². The first kappa shape index (κ1) is 21.5. The van der Waals surface area contributed by atoms with Gasteiger partial charge in [0.2, 0.25) is 5.91 Å². The van der Waals surface area contributed by atoms with Crippen molar-refractivity contribution in [3.05, 3.63) is 35.4 Å². The molecule has 2 aliphatic rings. The molecule has 0 aromatic heterocycles. The zero-order valence-electron chi connectivity index (χ0n) is 16.9. The largest absolute Gasteiger partial charge is 0.416 e. The van der Waals surface area contributed by atoms with E-state index in [2.05, 4.69) is 17.6 Å². The summed E-state index contributed by atoms with van der Waals surface area (Å²) in [6, 6.07) is 4.92. The van der Waals surface area contributed by atoms with Crippen molar-refractivity contribution in [2.75, 3.05) is 6.54 Å². The van der Waals surface area contributed by atoms with Crippen LogP contribution in [0.5, 0.6) is 0 Å². The molecule has 0 radical (unpaired) electrons. The average molecular weight is 411 g/mol. The van der Waals surface area contributed by atoms with Crippen LogP contribution in [-0.2, 0) is 17.5 Å². The maximum Gasteiger partial charge on any atom is 0.416 e. The van der Waals surface area contributed by atoms with Crippen molar-refractivity contribution < 1.29 is 22.8 Å². The van der Waals surface area contributed by atoms with Gasteiger partial charge < -0.3 is 15.5 Å². The SMILES string of the molecule is CC(C)NC(=O)NC[C@H]1[C@@H]2CC(=O)N(Cc3ccc(C(F)(F)F)cc3)[C@@H]2C[C@@H]1C. The first-order valence-electron chi connectivity index (χ1n) is 10.1. The van der Waals surface area contributed by atoms with Crippen LogP contribution in [-0.4, -0.2) is 35.5 Å². The van der Waals surface area contributed by atoms with Gasteiger partial charge in [0, 0.05) is 31.6 Å². The van der Waals surface area contributed by atoms with E-state index in [9.17, 15) is 22.8 Å². The van der Waals surface area contributed by atoms with Gasteiger partial charge in [-0.25, -0.2) is 4.79 Å². The van der Waals surface area contributed by atoms with Gasteiger partial charge in [-0.05, 0) is 55.7 Å². The van der Waals surface area contributed by atoms with Gasteiger partial charge in [-0.2, -0.15) is 13.2 Å².